The maximum Gasteiger partial charge on any atom is 0.122 e. The number of nitrogens with one attached hydrogen (secondary N) is 1. The Hall–Kier alpha value is -2.10. The van der Waals surface area contributed by atoms with Gasteiger partial charge in [0.2, 0.25) is 0 Å². The Balaban J connectivity index is 2.31. The summed E-state index contributed by atoms with van der Waals surface area (Å²) in [5, 5.41) is 11.8. The Bertz CT molecular complexity index is 662. The van der Waals surface area contributed by atoms with E-state index in [0.29, 0.717) is 0 Å². The molecule has 0 bridgehead atoms. The van der Waals surface area contributed by atoms with E-state index in [1.807, 2.05) is 12.1 Å². The summed E-state index contributed by atoms with van der Waals surface area (Å²) in [6.45, 7) is 6.48. The summed E-state index contributed by atoms with van der Waals surface area (Å²) in [6.07, 6.45) is 0. The summed E-state index contributed by atoms with van der Waals surface area (Å²) >= 11 is 0. The normalized spacial score (nSPS) is 15.5. The van der Waals surface area contributed by atoms with Gasteiger partial charge < -0.3 is 4.84 Å². The average molecular weight is 255 g/mol. The lowest BCUT2D eigenvalue weighted by Gasteiger charge is -2.17. The van der Waals surface area contributed by atoms with Crippen LogP contribution >= 0.6 is 0 Å². The van der Waals surface area contributed by atoms with Crippen LogP contribution in [0.5, 0.6) is 0 Å². The van der Waals surface area contributed by atoms with E-state index >= 15 is 0 Å². The third kappa shape index (κ3) is 1.67. The Labute approximate surface area is 112 Å². The van der Waals surface area contributed by atoms with Crippen molar-refractivity contribution in [2.75, 3.05) is 7.11 Å². The maximum absolute atomic E-state index is 5.02. The summed E-state index contributed by atoms with van der Waals surface area (Å²) < 4.78 is 0. The lowest BCUT2D eigenvalue weighted by Crippen LogP contribution is -2.16. The molecule has 98 valence electrons. The van der Waals surface area contributed by atoms with Crippen LogP contribution in [-0.2, 0) is 10.3 Å². The van der Waals surface area contributed by atoms with Crippen LogP contribution in [0.3, 0.4) is 0 Å². The Kier molecular flexibility index (Phi) is 2.49. The quantitative estimate of drug-likeness (QED) is 0.679. The van der Waals surface area contributed by atoms with Crippen molar-refractivity contribution in [3.05, 3.63) is 41.1 Å². The smallest absolute Gasteiger partial charge is 0.122 e. The molecular formula is C15H17N3O. The van der Waals surface area contributed by atoms with Crippen LogP contribution in [0.1, 0.15) is 37.6 Å². The molecule has 0 amide bonds. The number of benzene rings is 1. The Morgan fingerprint density at radius 3 is 2.47 bits per heavy atom. The molecule has 0 saturated carbocycles. The molecule has 0 aliphatic heterocycles. The van der Waals surface area contributed by atoms with Crippen molar-refractivity contribution in [3.63, 3.8) is 0 Å². The molecule has 4 nitrogen and oxygen atoms in total. The fourth-order valence-corrected chi connectivity index (χ4v) is 2.53. The first kappa shape index (κ1) is 12.0. The molecule has 0 unspecified atom stereocenters. The summed E-state index contributed by atoms with van der Waals surface area (Å²) in [7, 11) is 1.57. The van der Waals surface area contributed by atoms with Gasteiger partial charge >= 0.3 is 0 Å². The van der Waals surface area contributed by atoms with Gasteiger partial charge in [0.05, 0.1) is 11.3 Å². The number of hydrogen-bond acceptors (Lipinski definition) is 3. The molecular weight excluding hydrogens is 238 g/mol. The minimum Gasteiger partial charge on any atom is -0.399 e. The van der Waals surface area contributed by atoms with Gasteiger partial charge in [0, 0.05) is 16.5 Å². The molecule has 0 spiro atoms. The second kappa shape index (κ2) is 3.95. The Morgan fingerprint density at radius 2 is 1.84 bits per heavy atom. The van der Waals surface area contributed by atoms with Gasteiger partial charge in [-0.3, -0.25) is 5.10 Å². The van der Waals surface area contributed by atoms with Crippen LogP contribution in [0.2, 0.25) is 0 Å². The first-order valence-corrected chi connectivity index (χ1v) is 6.34. The lowest BCUT2D eigenvalue weighted by atomic mass is 9.88. The van der Waals surface area contributed by atoms with E-state index in [2.05, 4.69) is 48.3 Å². The van der Waals surface area contributed by atoms with E-state index in [-0.39, 0.29) is 5.41 Å². The number of aromatic nitrogens is 2. The number of H-pyrrole nitrogens is 1. The third-order valence-corrected chi connectivity index (χ3v) is 3.37. The zero-order valence-corrected chi connectivity index (χ0v) is 11.6. The number of aromatic amines is 1. The summed E-state index contributed by atoms with van der Waals surface area (Å²) in [5.74, 6) is 0. The Morgan fingerprint density at radius 1 is 1.16 bits per heavy atom. The fraction of sp³-hybridized carbons (Fsp3) is 0.333. The first-order chi connectivity index (χ1) is 9.04. The predicted octanol–water partition coefficient (Wildman–Crippen LogP) is 3.09. The van der Waals surface area contributed by atoms with Crippen molar-refractivity contribution in [3.8, 4) is 11.3 Å². The SMILES string of the molecule is CO/N=C1/c2ccccc2-c2n[nH]c(C(C)(C)C)c21. The molecule has 1 N–H and O–H groups in total. The predicted molar refractivity (Wildman–Crippen MR) is 75.4 cm³/mol. The monoisotopic (exact) mass is 255 g/mol. The highest BCUT2D eigenvalue weighted by Crippen LogP contribution is 2.40. The van der Waals surface area contributed by atoms with Crippen LogP contribution in [0.15, 0.2) is 29.4 Å². The fourth-order valence-electron chi connectivity index (χ4n) is 2.53. The van der Waals surface area contributed by atoms with Crippen molar-refractivity contribution in [1.29, 1.82) is 0 Å². The molecule has 19 heavy (non-hydrogen) atoms. The van der Waals surface area contributed by atoms with Crippen molar-refractivity contribution < 1.29 is 4.84 Å². The average Bonchev–Trinajstić information content (AvgIpc) is 2.90. The van der Waals surface area contributed by atoms with Crippen molar-refractivity contribution >= 4 is 5.71 Å². The summed E-state index contributed by atoms with van der Waals surface area (Å²) in [4.78, 5) is 5.02. The second-order valence-electron chi connectivity index (χ2n) is 5.74. The third-order valence-electron chi connectivity index (χ3n) is 3.37. The summed E-state index contributed by atoms with van der Waals surface area (Å²) in [6, 6.07) is 8.15. The van der Waals surface area contributed by atoms with E-state index in [4.69, 9.17) is 4.84 Å². The molecule has 2 aromatic rings. The van der Waals surface area contributed by atoms with Crippen molar-refractivity contribution in [2.24, 2.45) is 5.16 Å². The van der Waals surface area contributed by atoms with Crippen molar-refractivity contribution in [1.82, 2.24) is 10.2 Å². The molecule has 0 saturated heterocycles. The second-order valence-corrected chi connectivity index (χ2v) is 5.74. The zero-order chi connectivity index (χ0) is 13.6. The van der Waals surface area contributed by atoms with Gasteiger partial charge in [-0.05, 0) is 0 Å². The van der Waals surface area contributed by atoms with E-state index in [1.165, 1.54) is 0 Å². The maximum atomic E-state index is 5.02. The molecule has 1 aromatic carbocycles. The number of nitrogens with zero attached hydrogens (tertiary/aromatic N) is 2. The van der Waals surface area contributed by atoms with Crippen LogP contribution in [0.25, 0.3) is 11.3 Å². The molecule has 1 aliphatic carbocycles. The molecule has 0 radical (unpaired) electrons. The standard InChI is InChI=1S/C15H17N3O/c1-15(2,3)14-11-12(16-17-14)9-7-5-6-8-10(9)13(11)18-19-4/h5-8H,1-4H3,(H,16,17)/b18-13-. The molecule has 4 heteroatoms. The topological polar surface area (TPSA) is 50.3 Å². The molecule has 3 rings (SSSR count). The number of oxime groups is 1. The molecule has 0 atom stereocenters. The first-order valence-electron chi connectivity index (χ1n) is 6.34. The van der Waals surface area contributed by atoms with Crippen LogP contribution < -0.4 is 0 Å². The lowest BCUT2D eigenvalue weighted by molar-refractivity contribution is 0.214. The minimum absolute atomic E-state index is 0.0167. The van der Waals surface area contributed by atoms with Crippen LogP contribution in [0.4, 0.5) is 0 Å². The largest absolute Gasteiger partial charge is 0.399 e. The van der Waals surface area contributed by atoms with Gasteiger partial charge in [0.1, 0.15) is 18.5 Å². The highest BCUT2D eigenvalue weighted by molar-refractivity contribution is 6.24. The van der Waals surface area contributed by atoms with Gasteiger partial charge in [0.15, 0.2) is 0 Å². The van der Waals surface area contributed by atoms with Gasteiger partial charge in [0.25, 0.3) is 0 Å². The highest BCUT2D eigenvalue weighted by Gasteiger charge is 2.34. The van der Waals surface area contributed by atoms with Gasteiger partial charge in [-0.2, -0.15) is 5.10 Å². The number of rotatable bonds is 1. The molecule has 1 aromatic heterocycles. The van der Waals surface area contributed by atoms with Gasteiger partial charge in [-0.1, -0.05) is 50.2 Å². The van der Waals surface area contributed by atoms with Gasteiger partial charge in [-0.15, -0.1) is 0 Å². The zero-order valence-electron chi connectivity index (χ0n) is 11.6. The highest BCUT2D eigenvalue weighted by atomic mass is 16.6. The molecule has 1 heterocycles. The van der Waals surface area contributed by atoms with E-state index < -0.39 is 0 Å². The van der Waals surface area contributed by atoms with E-state index in [9.17, 15) is 0 Å². The molecule has 1 aliphatic rings. The minimum atomic E-state index is -0.0167. The van der Waals surface area contributed by atoms with Crippen LogP contribution in [0, 0.1) is 0 Å². The number of fused-ring (bicyclic) bond motifs is 3. The van der Waals surface area contributed by atoms with Gasteiger partial charge in [-0.25, -0.2) is 0 Å². The number of hydrogen-bond donors (Lipinski definition) is 1. The molecule has 0 fully saturated rings. The van der Waals surface area contributed by atoms with Crippen LogP contribution in [-0.4, -0.2) is 23.0 Å². The van der Waals surface area contributed by atoms with Crippen molar-refractivity contribution in [2.45, 2.75) is 26.2 Å². The van der Waals surface area contributed by atoms with E-state index in [0.717, 1.165) is 33.8 Å². The van der Waals surface area contributed by atoms with E-state index in [1.54, 1.807) is 7.11 Å². The summed E-state index contributed by atoms with van der Waals surface area (Å²) in [5.41, 5.74) is 6.17.